The van der Waals surface area contributed by atoms with Crippen LogP contribution in [0.15, 0.2) is 18.3 Å². The lowest BCUT2D eigenvalue weighted by atomic mass is 9.98. The van der Waals surface area contributed by atoms with E-state index in [1.807, 2.05) is 0 Å². The number of nitrogens with zero attached hydrogens (tertiary/aromatic N) is 1. The number of hydrogen-bond donors (Lipinski definition) is 1. The van der Waals surface area contributed by atoms with Crippen molar-refractivity contribution in [3.63, 3.8) is 0 Å². The highest BCUT2D eigenvalue weighted by Gasteiger charge is 2.13. The third-order valence-corrected chi connectivity index (χ3v) is 3.53. The molecule has 0 atom stereocenters. The number of aliphatic hydroxyl groups is 1. The molecule has 98 valence electrons. The fourth-order valence-corrected chi connectivity index (χ4v) is 2.71. The number of aliphatic hydroxyl groups excluding tert-OH is 1. The van der Waals surface area contributed by atoms with E-state index in [-0.39, 0.29) is 6.61 Å². The summed E-state index contributed by atoms with van der Waals surface area (Å²) in [4.78, 5) is 0. The van der Waals surface area contributed by atoms with E-state index in [9.17, 15) is 0 Å². The van der Waals surface area contributed by atoms with Gasteiger partial charge in [0.2, 0.25) is 0 Å². The van der Waals surface area contributed by atoms with Gasteiger partial charge < -0.3 is 9.67 Å². The standard InChI is InChI=1S/C16H23NO/c1-11(2)14-10-17(6-5-7-18)15-9-12(3)8-13(4)16(14)15/h8-11,18H,5-7H2,1-4H3. The molecular weight excluding hydrogens is 222 g/mol. The number of hydrogen-bond acceptors (Lipinski definition) is 1. The van der Waals surface area contributed by atoms with Crippen molar-refractivity contribution in [3.8, 4) is 0 Å². The lowest BCUT2D eigenvalue weighted by Gasteiger charge is -2.07. The second-order valence-corrected chi connectivity index (χ2v) is 5.49. The molecule has 0 aliphatic heterocycles. The summed E-state index contributed by atoms with van der Waals surface area (Å²) in [5.74, 6) is 0.532. The Morgan fingerprint density at radius 1 is 1.22 bits per heavy atom. The van der Waals surface area contributed by atoms with Crippen LogP contribution >= 0.6 is 0 Å². The van der Waals surface area contributed by atoms with E-state index in [0.29, 0.717) is 5.92 Å². The molecule has 0 bridgehead atoms. The summed E-state index contributed by atoms with van der Waals surface area (Å²) in [5.41, 5.74) is 5.39. The van der Waals surface area contributed by atoms with Crippen molar-refractivity contribution in [2.45, 2.75) is 46.6 Å². The van der Waals surface area contributed by atoms with Gasteiger partial charge in [-0.2, -0.15) is 0 Å². The first-order chi connectivity index (χ1) is 8.54. The molecule has 2 aromatic rings. The molecule has 0 saturated heterocycles. The number of benzene rings is 1. The Kier molecular flexibility index (Phi) is 3.76. The van der Waals surface area contributed by atoms with E-state index in [0.717, 1.165) is 13.0 Å². The van der Waals surface area contributed by atoms with Crippen LogP contribution in [-0.2, 0) is 6.54 Å². The van der Waals surface area contributed by atoms with Gasteiger partial charge in [0.25, 0.3) is 0 Å². The largest absolute Gasteiger partial charge is 0.396 e. The molecule has 0 amide bonds. The maximum atomic E-state index is 9.01. The van der Waals surface area contributed by atoms with Crippen LogP contribution in [0.4, 0.5) is 0 Å². The van der Waals surface area contributed by atoms with E-state index in [4.69, 9.17) is 5.11 Å². The zero-order valence-electron chi connectivity index (χ0n) is 11.8. The summed E-state index contributed by atoms with van der Waals surface area (Å²) in [6.07, 6.45) is 3.08. The smallest absolute Gasteiger partial charge is 0.0488 e. The second kappa shape index (κ2) is 5.15. The minimum Gasteiger partial charge on any atom is -0.396 e. The van der Waals surface area contributed by atoms with Crippen molar-refractivity contribution < 1.29 is 5.11 Å². The molecule has 0 aliphatic rings. The van der Waals surface area contributed by atoms with Crippen molar-refractivity contribution >= 4 is 10.9 Å². The predicted molar refractivity (Wildman–Crippen MR) is 77.2 cm³/mol. The molecule has 0 spiro atoms. The van der Waals surface area contributed by atoms with Crippen LogP contribution in [0.2, 0.25) is 0 Å². The lowest BCUT2D eigenvalue weighted by Crippen LogP contribution is -1.98. The van der Waals surface area contributed by atoms with Crippen molar-refractivity contribution in [3.05, 3.63) is 35.0 Å². The molecule has 2 heteroatoms. The predicted octanol–water partition coefficient (Wildman–Crippen LogP) is 3.76. The molecule has 0 saturated carbocycles. The van der Waals surface area contributed by atoms with Gasteiger partial charge in [0.15, 0.2) is 0 Å². The van der Waals surface area contributed by atoms with Crippen LogP contribution in [0.3, 0.4) is 0 Å². The third kappa shape index (κ3) is 2.30. The number of fused-ring (bicyclic) bond motifs is 1. The summed E-state index contributed by atoms with van der Waals surface area (Å²) in [5, 5.41) is 10.4. The van der Waals surface area contributed by atoms with E-state index in [2.05, 4.69) is 50.6 Å². The highest BCUT2D eigenvalue weighted by Crippen LogP contribution is 2.31. The fraction of sp³-hybridized carbons (Fsp3) is 0.500. The van der Waals surface area contributed by atoms with Crippen molar-refractivity contribution in [1.82, 2.24) is 4.57 Å². The minimum absolute atomic E-state index is 0.251. The van der Waals surface area contributed by atoms with Crippen LogP contribution in [0.5, 0.6) is 0 Å². The van der Waals surface area contributed by atoms with E-state index < -0.39 is 0 Å². The second-order valence-electron chi connectivity index (χ2n) is 5.49. The molecule has 18 heavy (non-hydrogen) atoms. The van der Waals surface area contributed by atoms with Crippen molar-refractivity contribution in [2.75, 3.05) is 6.61 Å². The Hall–Kier alpha value is -1.28. The van der Waals surface area contributed by atoms with Gasteiger partial charge in [0, 0.05) is 30.3 Å². The lowest BCUT2D eigenvalue weighted by molar-refractivity contribution is 0.280. The zero-order valence-corrected chi connectivity index (χ0v) is 11.8. The molecule has 2 rings (SSSR count). The van der Waals surface area contributed by atoms with Crippen LogP contribution < -0.4 is 0 Å². The molecule has 0 aliphatic carbocycles. The minimum atomic E-state index is 0.251. The quantitative estimate of drug-likeness (QED) is 0.871. The van der Waals surface area contributed by atoms with Gasteiger partial charge in [-0.3, -0.25) is 0 Å². The van der Waals surface area contributed by atoms with Crippen molar-refractivity contribution in [2.24, 2.45) is 0 Å². The first-order valence-electron chi connectivity index (χ1n) is 6.75. The molecule has 1 aromatic carbocycles. The third-order valence-electron chi connectivity index (χ3n) is 3.53. The molecular formula is C16H23NO. The topological polar surface area (TPSA) is 25.2 Å². The Labute approximate surface area is 109 Å². The molecule has 0 radical (unpaired) electrons. The first-order valence-corrected chi connectivity index (χ1v) is 6.75. The average molecular weight is 245 g/mol. The molecule has 0 fully saturated rings. The van der Waals surface area contributed by atoms with Gasteiger partial charge in [-0.1, -0.05) is 19.9 Å². The van der Waals surface area contributed by atoms with Gasteiger partial charge >= 0.3 is 0 Å². The summed E-state index contributed by atoms with van der Waals surface area (Å²) in [6, 6.07) is 4.51. The molecule has 0 unspecified atom stereocenters. The maximum absolute atomic E-state index is 9.01. The van der Waals surface area contributed by atoms with Crippen LogP contribution in [0.25, 0.3) is 10.9 Å². The van der Waals surface area contributed by atoms with Crippen LogP contribution in [0.1, 0.15) is 42.9 Å². The monoisotopic (exact) mass is 245 g/mol. The summed E-state index contributed by atoms with van der Waals surface area (Å²) < 4.78 is 2.29. The number of aromatic nitrogens is 1. The van der Waals surface area contributed by atoms with Gasteiger partial charge in [0.05, 0.1) is 0 Å². The highest BCUT2D eigenvalue weighted by atomic mass is 16.3. The van der Waals surface area contributed by atoms with Crippen LogP contribution in [-0.4, -0.2) is 16.3 Å². The SMILES string of the molecule is Cc1cc(C)c2c(C(C)C)cn(CCCO)c2c1. The molecule has 1 heterocycles. The molecule has 1 aromatic heterocycles. The highest BCUT2D eigenvalue weighted by molar-refractivity contribution is 5.88. The Morgan fingerprint density at radius 2 is 1.94 bits per heavy atom. The van der Waals surface area contributed by atoms with E-state index in [1.165, 1.54) is 27.6 Å². The Balaban J connectivity index is 2.64. The fourth-order valence-electron chi connectivity index (χ4n) is 2.71. The average Bonchev–Trinajstić information content (AvgIpc) is 2.65. The summed E-state index contributed by atoms with van der Waals surface area (Å²) in [7, 11) is 0. The zero-order chi connectivity index (χ0) is 13.3. The molecule has 2 nitrogen and oxygen atoms in total. The van der Waals surface area contributed by atoms with Crippen molar-refractivity contribution in [1.29, 1.82) is 0 Å². The molecule has 1 N–H and O–H groups in total. The van der Waals surface area contributed by atoms with Gasteiger partial charge in [0.1, 0.15) is 0 Å². The van der Waals surface area contributed by atoms with Gasteiger partial charge in [-0.15, -0.1) is 0 Å². The number of rotatable bonds is 4. The Bertz CT molecular complexity index is 552. The van der Waals surface area contributed by atoms with E-state index >= 15 is 0 Å². The number of aryl methyl sites for hydroxylation is 3. The maximum Gasteiger partial charge on any atom is 0.0488 e. The van der Waals surface area contributed by atoms with Gasteiger partial charge in [-0.25, -0.2) is 0 Å². The van der Waals surface area contributed by atoms with Crippen LogP contribution in [0, 0.1) is 13.8 Å². The summed E-state index contributed by atoms with van der Waals surface area (Å²) >= 11 is 0. The normalized spacial score (nSPS) is 11.7. The van der Waals surface area contributed by atoms with E-state index in [1.54, 1.807) is 0 Å². The Morgan fingerprint density at radius 3 is 2.56 bits per heavy atom. The van der Waals surface area contributed by atoms with Gasteiger partial charge in [-0.05, 0) is 48.9 Å². The summed E-state index contributed by atoms with van der Waals surface area (Å²) in [6.45, 7) is 9.96. The first kappa shape index (κ1) is 13.2.